The van der Waals surface area contributed by atoms with Crippen molar-refractivity contribution >= 4 is 11.8 Å². The Balaban J connectivity index is 1.97. The standard InChI is InChI=1S/C14H18FN3O2/c1-16-12-8-18(14(19)20-12)11-4-2-3-10(15)13(11)9-5-6-17-7-9/h2-4,9,12,16-17H,5-8H2,1H3/t9?,12-/m0/s1. The lowest BCUT2D eigenvalue weighted by atomic mass is 9.95. The molecule has 5 nitrogen and oxygen atoms in total. The molecule has 1 aromatic carbocycles. The van der Waals surface area contributed by atoms with E-state index in [-0.39, 0.29) is 18.0 Å². The molecule has 0 aromatic heterocycles. The zero-order chi connectivity index (χ0) is 14.1. The van der Waals surface area contributed by atoms with E-state index in [0.29, 0.717) is 17.8 Å². The number of carbonyl (C=O) groups excluding carboxylic acids is 1. The van der Waals surface area contributed by atoms with Crippen LogP contribution in [0.15, 0.2) is 18.2 Å². The summed E-state index contributed by atoms with van der Waals surface area (Å²) >= 11 is 0. The summed E-state index contributed by atoms with van der Waals surface area (Å²) in [6, 6.07) is 4.88. The van der Waals surface area contributed by atoms with E-state index in [4.69, 9.17) is 4.74 Å². The van der Waals surface area contributed by atoms with Crippen LogP contribution in [0.1, 0.15) is 17.9 Å². The highest BCUT2D eigenvalue weighted by Crippen LogP contribution is 2.35. The molecule has 2 heterocycles. The van der Waals surface area contributed by atoms with Crippen LogP contribution in [0.4, 0.5) is 14.9 Å². The molecule has 20 heavy (non-hydrogen) atoms. The molecular formula is C14H18FN3O2. The molecule has 2 saturated heterocycles. The van der Waals surface area contributed by atoms with E-state index in [1.54, 1.807) is 19.2 Å². The Morgan fingerprint density at radius 3 is 3.00 bits per heavy atom. The molecule has 1 unspecified atom stereocenters. The number of cyclic esters (lactones) is 1. The number of ether oxygens (including phenoxy) is 1. The number of amides is 1. The van der Waals surface area contributed by atoms with Crippen molar-refractivity contribution in [3.63, 3.8) is 0 Å². The third-order valence-electron chi connectivity index (χ3n) is 3.92. The number of likely N-dealkylation sites (N-methyl/N-ethyl adjacent to an activating group) is 1. The quantitative estimate of drug-likeness (QED) is 0.878. The van der Waals surface area contributed by atoms with Gasteiger partial charge in [-0.15, -0.1) is 0 Å². The maximum Gasteiger partial charge on any atom is 0.416 e. The van der Waals surface area contributed by atoms with Gasteiger partial charge in [-0.05, 0) is 32.1 Å². The monoisotopic (exact) mass is 279 g/mol. The number of rotatable bonds is 3. The molecule has 0 spiro atoms. The van der Waals surface area contributed by atoms with E-state index in [9.17, 15) is 9.18 Å². The van der Waals surface area contributed by atoms with Gasteiger partial charge in [-0.3, -0.25) is 10.2 Å². The Bertz CT molecular complexity index is 517. The summed E-state index contributed by atoms with van der Waals surface area (Å²) in [5, 5.41) is 6.14. The Morgan fingerprint density at radius 1 is 1.50 bits per heavy atom. The van der Waals surface area contributed by atoms with E-state index < -0.39 is 6.09 Å². The molecule has 6 heteroatoms. The second-order valence-electron chi connectivity index (χ2n) is 5.13. The summed E-state index contributed by atoms with van der Waals surface area (Å²) in [5.41, 5.74) is 1.24. The van der Waals surface area contributed by atoms with Crippen LogP contribution in [-0.2, 0) is 4.74 Å². The predicted molar refractivity (Wildman–Crippen MR) is 73.3 cm³/mol. The van der Waals surface area contributed by atoms with Crippen LogP contribution >= 0.6 is 0 Å². The highest BCUT2D eigenvalue weighted by molar-refractivity contribution is 5.90. The van der Waals surface area contributed by atoms with E-state index in [1.807, 2.05) is 0 Å². The first-order chi connectivity index (χ1) is 9.70. The fourth-order valence-electron chi connectivity index (χ4n) is 2.88. The third-order valence-corrected chi connectivity index (χ3v) is 3.92. The summed E-state index contributed by atoms with van der Waals surface area (Å²) in [7, 11) is 1.73. The van der Waals surface area contributed by atoms with E-state index in [1.165, 1.54) is 11.0 Å². The minimum atomic E-state index is -0.429. The van der Waals surface area contributed by atoms with Gasteiger partial charge in [-0.2, -0.15) is 0 Å². The minimum absolute atomic E-state index is 0.104. The molecule has 2 atom stereocenters. The second kappa shape index (κ2) is 5.38. The number of carbonyl (C=O) groups is 1. The normalized spacial score (nSPS) is 26.1. The molecule has 3 rings (SSSR count). The van der Waals surface area contributed by atoms with Gasteiger partial charge >= 0.3 is 6.09 Å². The Labute approximate surface area is 117 Å². The summed E-state index contributed by atoms with van der Waals surface area (Å²) in [6.45, 7) is 2.01. The van der Waals surface area contributed by atoms with Gasteiger partial charge in [0.05, 0.1) is 12.2 Å². The summed E-state index contributed by atoms with van der Waals surface area (Å²) in [5.74, 6) is -0.149. The third kappa shape index (κ3) is 2.25. The van der Waals surface area contributed by atoms with Crippen LogP contribution in [-0.4, -0.2) is 39.0 Å². The number of hydrogen-bond donors (Lipinski definition) is 2. The lowest BCUT2D eigenvalue weighted by Crippen LogP contribution is -2.31. The van der Waals surface area contributed by atoms with Crippen molar-refractivity contribution in [3.8, 4) is 0 Å². The number of nitrogens with one attached hydrogen (secondary N) is 2. The SMILES string of the molecule is CN[C@@H]1CN(c2cccc(F)c2C2CCNC2)C(=O)O1. The molecule has 2 aliphatic rings. The van der Waals surface area contributed by atoms with Crippen molar-refractivity contribution in [1.29, 1.82) is 0 Å². The zero-order valence-corrected chi connectivity index (χ0v) is 11.4. The average Bonchev–Trinajstić information content (AvgIpc) is 3.07. The molecule has 108 valence electrons. The van der Waals surface area contributed by atoms with Gasteiger partial charge in [0.1, 0.15) is 5.82 Å². The molecule has 2 N–H and O–H groups in total. The van der Waals surface area contributed by atoms with Gasteiger partial charge in [0, 0.05) is 18.0 Å². The summed E-state index contributed by atoms with van der Waals surface area (Å²) in [4.78, 5) is 13.5. The maximum absolute atomic E-state index is 14.2. The fraction of sp³-hybridized carbons (Fsp3) is 0.500. The van der Waals surface area contributed by atoms with Gasteiger partial charge in [0.15, 0.2) is 6.23 Å². The van der Waals surface area contributed by atoms with Crippen LogP contribution < -0.4 is 15.5 Å². The van der Waals surface area contributed by atoms with Gasteiger partial charge in [0.25, 0.3) is 0 Å². The van der Waals surface area contributed by atoms with Crippen molar-refractivity contribution in [3.05, 3.63) is 29.6 Å². The highest BCUT2D eigenvalue weighted by atomic mass is 19.1. The van der Waals surface area contributed by atoms with Crippen molar-refractivity contribution in [2.24, 2.45) is 0 Å². The average molecular weight is 279 g/mol. The van der Waals surface area contributed by atoms with Crippen LogP contribution in [0.5, 0.6) is 0 Å². The molecular weight excluding hydrogens is 261 g/mol. The number of anilines is 1. The van der Waals surface area contributed by atoms with E-state index in [0.717, 1.165) is 19.5 Å². The van der Waals surface area contributed by atoms with Crippen LogP contribution in [0.2, 0.25) is 0 Å². The van der Waals surface area contributed by atoms with Crippen LogP contribution in [0.3, 0.4) is 0 Å². The highest BCUT2D eigenvalue weighted by Gasteiger charge is 2.35. The largest absolute Gasteiger partial charge is 0.428 e. The number of halogens is 1. The van der Waals surface area contributed by atoms with Crippen LogP contribution in [0.25, 0.3) is 0 Å². The zero-order valence-electron chi connectivity index (χ0n) is 11.4. The predicted octanol–water partition coefficient (Wildman–Crippen LogP) is 1.40. The van der Waals surface area contributed by atoms with Crippen LogP contribution in [0, 0.1) is 5.82 Å². The molecule has 2 fully saturated rings. The van der Waals surface area contributed by atoms with Gasteiger partial charge in [-0.1, -0.05) is 6.07 Å². The first-order valence-corrected chi connectivity index (χ1v) is 6.85. The van der Waals surface area contributed by atoms with Gasteiger partial charge < -0.3 is 10.1 Å². The maximum atomic E-state index is 14.2. The van der Waals surface area contributed by atoms with E-state index in [2.05, 4.69) is 10.6 Å². The second-order valence-corrected chi connectivity index (χ2v) is 5.13. The summed E-state index contributed by atoms with van der Waals surface area (Å²) in [6.07, 6.45) is 0.106. The van der Waals surface area contributed by atoms with E-state index >= 15 is 0 Å². The minimum Gasteiger partial charge on any atom is -0.428 e. The Morgan fingerprint density at radius 2 is 2.35 bits per heavy atom. The number of benzene rings is 1. The van der Waals surface area contributed by atoms with Gasteiger partial charge in [-0.25, -0.2) is 9.18 Å². The first-order valence-electron chi connectivity index (χ1n) is 6.85. The van der Waals surface area contributed by atoms with Crippen molar-refractivity contribution in [1.82, 2.24) is 10.6 Å². The Kier molecular flexibility index (Phi) is 3.58. The topological polar surface area (TPSA) is 53.6 Å². The molecule has 0 aliphatic carbocycles. The van der Waals surface area contributed by atoms with Crippen molar-refractivity contribution in [2.75, 3.05) is 31.6 Å². The molecule has 1 amide bonds. The molecule has 2 aliphatic heterocycles. The summed E-state index contributed by atoms with van der Waals surface area (Å²) < 4.78 is 19.4. The fourth-order valence-corrected chi connectivity index (χ4v) is 2.88. The Hall–Kier alpha value is -1.66. The molecule has 0 bridgehead atoms. The first kappa shape index (κ1) is 13.3. The molecule has 0 saturated carbocycles. The number of nitrogens with zero attached hydrogens (tertiary/aromatic N) is 1. The van der Waals surface area contributed by atoms with Crippen molar-refractivity contribution < 1.29 is 13.9 Å². The van der Waals surface area contributed by atoms with Gasteiger partial charge in [0.2, 0.25) is 0 Å². The van der Waals surface area contributed by atoms with Crippen molar-refractivity contribution in [2.45, 2.75) is 18.6 Å². The lowest BCUT2D eigenvalue weighted by molar-refractivity contribution is 0.128. The molecule has 1 aromatic rings. The molecule has 0 radical (unpaired) electrons. The number of hydrogen-bond acceptors (Lipinski definition) is 4. The lowest BCUT2D eigenvalue weighted by Gasteiger charge is -2.21. The smallest absolute Gasteiger partial charge is 0.416 e.